The minimum absolute atomic E-state index is 0.204. The molecule has 10 nitrogen and oxygen atoms in total. The lowest BCUT2D eigenvalue weighted by atomic mass is 10.1. The maximum Gasteiger partial charge on any atom is 0.434 e. The molecule has 5 aromatic heterocycles. The zero-order chi connectivity index (χ0) is 32.3. The van der Waals surface area contributed by atoms with Gasteiger partial charge in [-0.25, -0.2) is 24.9 Å². The Morgan fingerprint density at radius 3 is 2.41 bits per heavy atom. The number of alkyl halides is 3. The molecule has 7 rings (SSSR count). The number of aryl methyl sites for hydroxylation is 2. The molecule has 0 N–H and O–H groups in total. The fourth-order valence-corrected chi connectivity index (χ4v) is 5.87. The molecule has 0 radical (unpaired) electrons. The summed E-state index contributed by atoms with van der Waals surface area (Å²) in [6.07, 6.45) is 1.89. The minimum Gasteiger partial charge on any atom is -0.480 e. The molecule has 236 valence electrons. The average Bonchev–Trinajstić information content (AvgIpc) is 3.55. The van der Waals surface area contributed by atoms with Crippen molar-refractivity contribution in [3.63, 3.8) is 0 Å². The van der Waals surface area contributed by atoms with E-state index < -0.39 is 11.9 Å². The van der Waals surface area contributed by atoms with E-state index in [1.165, 1.54) is 6.33 Å². The van der Waals surface area contributed by atoms with Gasteiger partial charge in [0.25, 0.3) is 0 Å². The van der Waals surface area contributed by atoms with Gasteiger partial charge in [0.2, 0.25) is 5.88 Å². The molecule has 13 heteroatoms. The fourth-order valence-electron chi connectivity index (χ4n) is 5.87. The quantitative estimate of drug-likeness (QED) is 0.170. The van der Waals surface area contributed by atoms with Crippen molar-refractivity contribution in [1.29, 1.82) is 0 Å². The summed E-state index contributed by atoms with van der Waals surface area (Å²) in [4.78, 5) is 22.6. The Balaban J connectivity index is 1.34. The largest absolute Gasteiger partial charge is 0.480 e. The Kier molecular flexibility index (Phi) is 7.13. The fraction of sp³-hybridized carbons (Fsp3) is 0.333. The molecule has 0 aliphatic heterocycles. The van der Waals surface area contributed by atoms with Gasteiger partial charge in [0.15, 0.2) is 11.5 Å². The predicted octanol–water partition coefficient (Wildman–Crippen LogP) is 7.56. The number of methoxy groups -OCH3 is 1. The Bertz CT molecular complexity index is 2050. The summed E-state index contributed by atoms with van der Waals surface area (Å²) in [7, 11) is 1.57. The molecule has 46 heavy (non-hydrogen) atoms. The number of hydrogen-bond donors (Lipinski definition) is 0. The van der Waals surface area contributed by atoms with Crippen LogP contribution in [-0.4, -0.2) is 46.3 Å². The maximum absolute atomic E-state index is 13.5. The van der Waals surface area contributed by atoms with Crippen LogP contribution in [0.15, 0.2) is 53.6 Å². The van der Waals surface area contributed by atoms with Crippen molar-refractivity contribution in [3.05, 3.63) is 77.5 Å². The van der Waals surface area contributed by atoms with Crippen LogP contribution in [0.3, 0.4) is 0 Å². The zero-order valence-corrected chi connectivity index (χ0v) is 25.9. The molecule has 1 aliphatic carbocycles. The number of halogens is 3. The third-order valence-corrected chi connectivity index (χ3v) is 8.28. The van der Waals surface area contributed by atoms with Crippen LogP contribution in [0, 0.1) is 13.8 Å². The highest BCUT2D eigenvalue weighted by molar-refractivity contribution is 5.86. The number of rotatable bonds is 8. The van der Waals surface area contributed by atoms with E-state index in [4.69, 9.17) is 19.2 Å². The van der Waals surface area contributed by atoms with E-state index >= 15 is 0 Å². The van der Waals surface area contributed by atoms with Crippen molar-refractivity contribution in [1.82, 2.24) is 39.2 Å². The molecule has 1 saturated carbocycles. The predicted molar refractivity (Wildman–Crippen MR) is 164 cm³/mol. The molecule has 5 heterocycles. The van der Waals surface area contributed by atoms with Gasteiger partial charge in [0.05, 0.1) is 29.8 Å². The van der Waals surface area contributed by atoms with Gasteiger partial charge >= 0.3 is 6.18 Å². The standard InChI is InChI=1S/C33H31F3N8O2/c1-17(2)43-15-25(33(34,35)36)40-30(43)22-8-6-20(7-9-22)14-44-24(26-18(3)42-46-19(26)4)12-23-13-37-29(41-31(23)44)27-28(21-10-11-21)38-16-39-32(27)45-5/h6-9,12-13,15-17,21H,10-11,14H2,1-5H3. The summed E-state index contributed by atoms with van der Waals surface area (Å²) in [6, 6.07) is 9.20. The first-order valence-corrected chi connectivity index (χ1v) is 15.0. The van der Waals surface area contributed by atoms with Gasteiger partial charge in [-0.2, -0.15) is 13.2 Å². The van der Waals surface area contributed by atoms with Crippen molar-refractivity contribution >= 4 is 11.0 Å². The molecule has 1 aliphatic rings. The van der Waals surface area contributed by atoms with Crippen LogP contribution in [0.2, 0.25) is 0 Å². The topological polar surface area (TPSA) is 110 Å². The first-order valence-electron chi connectivity index (χ1n) is 15.0. The maximum atomic E-state index is 13.5. The average molecular weight is 629 g/mol. The molecule has 6 aromatic rings. The third kappa shape index (κ3) is 5.19. The van der Waals surface area contributed by atoms with Crippen molar-refractivity contribution in [2.45, 2.75) is 65.2 Å². The number of ether oxygens (including phenoxy) is 1. The van der Waals surface area contributed by atoms with Crippen LogP contribution >= 0.6 is 0 Å². The molecule has 0 atom stereocenters. The summed E-state index contributed by atoms with van der Waals surface area (Å²) < 4.78 is 55.3. The number of aromatic nitrogens is 8. The van der Waals surface area contributed by atoms with E-state index in [-0.39, 0.29) is 11.9 Å². The van der Waals surface area contributed by atoms with E-state index in [0.717, 1.165) is 52.6 Å². The molecule has 1 aromatic carbocycles. The minimum atomic E-state index is -4.53. The second-order valence-corrected chi connectivity index (χ2v) is 11.9. The monoisotopic (exact) mass is 628 g/mol. The number of imidazole rings is 1. The normalized spacial score (nSPS) is 13.7. The van der Waals surface area contributed by atoms with Crippen LogP contribution in [-0.2, 0) is 12.7 Å². The van der Waals surface area contributed by atoms with Gasteiger partial charge in [-0.15, -0.1) is 0 Å². The highest BCUT2D eigenvalue weighted by atomic mass is 19.4. The summed E-state index contributed by atoms with van der Waals surface area (Å²) in [5, 5.41) is 4.99. The molecule has 0 bridgehead atoms. The van der Waals surface area contributed by atoms with E-state index in [0.29, 0.717) is 46.7 Å². The second kappa shape index (κ2) is 11.1. The van der Waals surface area contributed by atoms with E-state index in [1.54, 1.807) is 30.0 Å². The van der Waals surface area contributed by atoms with Gasteiger partial charge < -0.3 is 18.4 Å². The molecular formula is C33H31F3N8O2. The molecule has 0 spiro atoms. The second-order valence-electron chi connectivity index (χ2n) is 11.9. The van der Waals surface area contributed by atoms with E-state index in [2.05, 4.69) is 24.7 Å². The van der Waals surface area contributed by atoms with Crippen molar-refractivity contribution in [2.75, 3.05) is 7.11 Å². The molecule has 0 unspecified atom stereocenters. The summed E-state index contributed by atoms with van der Waals surface area (Å²) in [5.41, 5.74) is 5.27. The Labute approximate surface area is 262 Å². The van der Waals surface area contributed by atoms with Crippen LogP contribution in [0.5, 0.6) is 5.88 Å². The number of benzene rings is 1. The van der Waals surface area contributed by atoms with Gasteiger partial charge in [0, 0.05) is 41.8 Å². The van der Waals surface area contributed by atoms with Crippen LogP contribution in [0.25, 0.3) is 45.1 Å². The third-order valence-electron chi connectivity index (χ3n) is 8.28. The van der Waals surface area contributed by atoms with Crippen molar-refractivity contribution < 1.29 is 22.4 Å². The summed E-state index contributed by atoms with van der Waals surface area (Å²) >= 11 is 0. The van der Waals surface area contributed by atoms with Crippen LogP contribution in [0.4, 0.5) is 13.2 Å². The Morgan fingerprint density at radius 1 is 1.02 bits per heavy atom. The van der Waals surface area contributed by atoms with Crippen molar-refractivity contribution in [3.8, 4) is 39.9 Å². The van der Waals surface area contributed by atoms with Gasteiger partial charge in [-0.1, -0.05) is 29.4 Å². The lowest BCUT2D eigenvalue weighted by Gasteiger charge is -2.14. The van der Waals surface area contributed by atoms with Gasteiger partial charge in [0.1, 0.15) is 29.1 Å². The van der Waals surface area contributed by atoms with E-state index in [1.807, 2.05) is 45.9 Å². The highest BCUT2D eigenvalue weighted by Crippen LogP contribution is 2.45. The SMILES string of the molecule is COc1ncnc(C2CC2)c1-c1ncc2cc(-c3c(C)noc3C)n(Cc3ccc(-c4nc(C(F)(F)F)cn4C(C)C)cc3)c2n1. The Hall–Kier alpha value is -5.07. The number of hydrogen-bond acceptors (Lipinski definition) is 8. The van der Waals surface area contributed by atoms with Crippen LogP contribution < -0.4 is 4.74 Å². The zero-order valence-electron chi connectivity index (χ0n) is 25.9. The lowest BCUT2D eigenvalue weighted by molar-refractivity contribution is -0.140. The molecule has 0 amide bonds. The lowest BCUT2D eigenvalue weighted by Crippen LogP contribution is -2.06. The van der Waals surface area contributed by atoms with Gasteiger partial charge in [-0.3, -0.25) is 0 Å². The number of nitrogens with zero attached hydrogens (tertiary/aromatic N) is 8. The smallest absolute Gasteiger partial charge is 0.434 e. The van der Waals surface area contributed by atoms with Gasteiger partial charge in [-0.05, 0) is 52.2 Å². The summed E-state index contributed by atoms with van der Waals surface area (Å²) in [6.45, 7) is 7.81. The van der Waals surface area contributed by atoms with Crippen LogP contribution in [0.1, 0.15) is 67.1 Å². The van der Waals surface area contributed by atoms with Crippen molar-refractivity contribution in [2.24, 2.45) is 0 Å². The van der Waals surface area contributed by atoms with E-state index in [9.17, 15) is 13.2 Å². The molecular weight excluding hydrogens is 597 g/mol. The highest BCUT2D eigenvalue weighted by Gasteiger charge is 2.35. The first kappa shape index (κ1) is 29.6. The molecule has 0 saturated heterocycles. The molecule has 1 fully saturated rings. The summed E-state index contributed by atoms with van der Waals surface area (Å²) in [5.74, 6) is 2.13. The first-order chi connectivity index (χ1) is 22.0. The number of fused-ring (bicyclic) bond motifs is 1. The Morgan fingerprint density at radius 2 is 1.78 bits per heavy atom.